The Balaban J connectivity index is 1.44. The van der Waals surface area contributed by atoms with E-state index in [4.69, 9.17) is 15.2 Å². The molecule has 4 rings (SSSR count). The lowest BCUT2D eigenvalue weighted by molar-refractivity contribution is -0.127. The van der Waals surface area contributed by atoms with Gasteiger partial charge in [-0.1, -0.05) is 24.8 Å². The SMILES string of the molecule is C=CC(=O)N1CCCC(Nc2cnc(Oc3ccc(Oc4ccccc4)cc3)c(C(N)=O)c2)C1. The van der Waals surface area contributed by atoms with E-state index in [-0.39, 0.29) is 23.4 Å². The number of amides is 2. The van der Waals surface area contributed by atoms with Gasteiger partial charge in [0.15, 0.2) is 0 Å². The first-order valence-corrected chi connectivity index (χ1v) is 11.0. The summed E-state index contributed by atoms with van der Waals surface area (Å²) in [6, 6.07) is 18.1. The van der Waals surface area contributed by atoms with Crippen LogP contribution < -0.4 is 20.5 Å². The van der Waals surface area contributed by atoms with Crippen molar-refractivity contribution in [1.29, 1.82) is 0 Å². The van der Waals surface area contributed by atoms with Gasteiger partial charge in [-0.25, -0.2) is 4.98 Å². The van der Waals surface area contributed by atoms with Crippen molar-refractivity contribution >= 4 is 17.5 Å². The molecule has 3 N–H and O–H groups in total. The molecule has 2 aromatic carbocycles. The third-order valence-corrected chi connectivity index (χ3v) is 5.41. The van der Waals surface area contributed by atoms with Crippen LogP contribution in [0.2, 0.25) is 0 Å². The number of aromatic nitrogens is 1. The molecular weight excluding hydrogens is 432 g/mol. The number of carbonyl (C=O) groups excluding carboxylic acids is 2. The molecule has 1 saturated heterocycles. The van der Waals surface area contributed by atoms with Crippen LogP contribution in [0.15, 0.2) is 79.5 Å². The summed E-state index contributed by atoms with van der Waals surface area (Å²) < 4.78 is 11.6. The zero-order chi connectivity index (χ0) is 23.9. The monoisotopic (exact) mass is 458 g/mol. The number of benzene rings is 2. The first-order chi connectivity index (χ1) is 16.5. The number of ether oxygens (including phenoxy) is 2. The number of pyridine rings is 1. The fourth-order valence-electron chi connectivity index (χ4n) is 3.76. The number of primary amides is 1. The van der Waals surface area contributed by atoms with Gasteiger partial charge in [0.25, 0.3) is 5.91 Å². The second-order valence-electron chi connectivity index (χ2n) is 7.90. The minimum atomic E-state index is -0.651. The quantitative estimate of drug-likeness (QED) is 0.486. The first-order valence-electron chi connectivity index (χ1n) is 11.0. The number of anilines is 1. The van der Waals surface area contributed by atoms with Crippen LogP contribution in [0.1, 0.15) is 23.2 Å². The fourth-order valence-corrected chi connectivity index (χ4v) is 3.76. The lowest BCUT2D eigenvalue weighted by atomic mass is 10.1. The molecule has 1 unspecified atom stereocenters. The van der Waals surface area contributed by atoms with Gasteiger partial charge < -0.3 is 25.4 Å². The summed E-state index contributed by atoms with van der Waals surface area (Å²) in [5, 5.41) is 3.34. The van der Waals surface area contributed by atoms with E-state index in [1.807, 2.05) is 30.3 Å². The number of para-hydroxylation sites is 1. The maximum absolute atomic E-state index is 12.1. The normalized spacial score (nSPS) is 15.3. The predicted octanol–water partition coefficient (Wildman–Crippen LogP) is 4.35. The molecule has 3 aromatic rings. The highest BCUT2D eigenvalue weighted by Gasteiger charge is 2.23. The summed E-state index contributed by atoms with van der Waals surface area (Å²) in [5.74, 6) is 1.24. The maximum atomic E-state index is 12.1. The van der Waals surface area contributed by atoms with Crippen LogP contribution in [0.3, 0.4) is 0 Å². The van der Waals surface area contributed by atoms with E-state index in [0.29, 0.717) is 30.3 Å². The number of piperidine rings is 1. The standard InChI is InChI=1S/C26H26N4O4/c1-2-24(31)30-14-6-7-18(17-30)29-19-15-23(25(27)32)26(28-16-19)34-22-12-10-21(11-13-22)33-20-8-4-3-5-9-20/h2-5,8-13,15-16,18,29H,1,6-7,14,17H2,(H2,27,32). The Bertz CT molecular complexity index is 1170. The molecule has 8 nitrogen and oxygen atoms in total. The van der Waals surface area contributed by atoms with Crippen molar-refractivity contribution < 1.29 is 19.1 Å². The van der Waals surface area contributed by atoms with Gasteiger partial charge in [-0.3, -0.25) is 9.59 Å². The van der Waals surface area contributed by atoms with Gasteiger partial charge >= 0.3 is 0 Å². The van der Waals surface area contributed by atoms with Gasteiger partial charge in [-0.05, 0) is 61.4 Å². The fraction of sp³-hybridized carbons (Fsp3) is 0.192. The van der Waals surface area contributed by atoms with E-state index in [9.17, 15) is 9.59 Å². The Morgan fingerprint density at radius 1 is 1.06 bits per heavy atom. The Labute approximate surface area is 198 Å². The average molecular weight is 459 g/mol. The van der Waals surface area contributed by atoms with Gasteiger partial charge in [0.05, 0.1) is 11.9 Å². The van der Waals surface area contributed by atoms with E-state index in [0.717, 1.165) is 18.6 Å². The Kier molecular flexibility index (Phi) is 7.07. The van der Waals surface area contributed by atoms with Crippen LogP contribution in [0.25, 0.3) is 0 Å². The molecule has 0 aliphatic carbocycles. The van der Waals surface area contributed by atoms with E-state index < -0.39 is 5.91 Å². The van der Waals surface area contributed by atoms with Crippen LogP contribution >= 0.6 is 0 Å². The topological polar surface area (TPSA) is 107 Å². The van der Waals surface area contributed by atoms with E-state index in [2.05, 4.69) is 16.9 Å². The van der Waals surface area contributed by atoms with Crippen molar-refractivity contribution in [3.05, 3.63) is 85.1 Å². The number of nitrogens with zero attached hydrogens (tertiary/aromatic N) is 2. The highest BCUT2D eigenvalue weighted by Crippen LogP contribution is 2.29. The molecule has 34 heavy (non-hydrogen) atoms. The number of hydrogen-bond donors (Lipinski definition) is 2. The van der Waals surface area contributed by atoms with Crippen LogP contribution in [-0.4, -0.2) is 40.8 Å². The van der Waals surface area contributed by atoms with E-state index >= 15 is 0 Å². The number of nitrogens with one attached hydrogen (secondary N) is 1. The highest BCUT2D eigenvalue weighted by molar-refractivity contribution is 5.96. The van der Waals surface area contributed by atoms with Gasteiger partial charge in [0, 0.05) is 19.1 Å². The molecule has 2 heterocycles. The number of nitrogens with two attached hydrogens (primary N) is 1. The second kappa shape index (κ2) is 10.5. The molecule has 0 spiro atoms. The molecule has 1 aliphatic heterocycles. The van der Waals surface area contributed by atoms with Crippen molar-refractivity contribution in [2.24, 2.45) is 5.73 Å². The lowest BCUT2D eigenvalue weighted by Gasteiger charge is -2.33. The molecule has 0 bridgehead atoms. The molecule has 0 radical (unpaired) electrons. The molecule has 1 atom stereocenters. The van der Waals surface area contributed by atoms with E-state index in [1.165, 1.54) is 6.08 Å². The van der Waals surface area contributed by atoms with Crippen molar-refractivity contribution in [3.8, 4) is 23.1 Å². The average Bonchev–Trinajstić information content (AvgIpc) is 2.86. The third-order valence-electron chi connectivity index (χ3n) is 5.41. The molecule has 174 valence electrons. The minimum Gasteiger partial charge on any atom is -0.457 e. The van der Waals surface area contributed by atoms with Crippen molar-refractivity contribution in [1.82, 2.24) is 9.88 Å². The van der Waals surface area contributed by atoms with Gasteiger partial charge in [0.2, 0.25) is 11.8 Å². The molecular formula is C26H26N4O4. The number of rotatable bonds is 8. The summed E-state index contributed by atoms with van der Waals surface area (Å²) in [7, 11) is 0. The number of carbonyl (C=O) groups is 2. The molecule has 1 aliphatic rings. The Morgan fingerprint density at radius 3 is 2.41 bits per heavy atom. The van der Waals surface area contributed by atoms with Crippen LogP contribution in [0.4, 0.5) is 5.69 Å². The lowest BCUT2D eigenvalue weighted by Crippen LogP contribution is -2.44. The van der Waals surface area contributed by atoms with Crippen molar-refractivity contribution in [2.75, 3.05) is 18.4 Å². The van der Waals surface area contributed by atoms with Gasteiger partial charge in [-0.2, -0.15) is 0 Å². The molecule has 2 amide bonds. The Hall–Kier alpha value is -4.33. The van der Waals surface area contributed by atoms with Crippen LogP contribution in [0, 0.1) is 0 Å². The highest BCUT2D eigenvalue weighted by atomic mass is 16.5. The number of hydrogen-bond acceptors (Lipinski definition) is 6. The summed E-state index contributed by atoms with van der Waals surface area (Å²) in [5.41, 5.74) is 6.38. The summed E-state index contributed by atoms with van der Waals surface area (Å²) in [4.78, 5) is 30.1. The minimum absolute atomic E-state index is 0.0316. The van der Waals surface area contributed by atoms with Crippen LogP contribution in [-0.2, 0) is 4.79 Å². The summed E-state index contributed by atoms with van der Waals surface area (Å²) in [6.45, 7) is 4.80. The molecule has 0 saturated carbocycles. The van der Waals surface area contributed by atoms with Gasteiger partial charge in [0.1, 0.15) is 22.8 Å². The molecule has 1 fully saturated rings. The third kappa shape index (κ3) is 5.72. The Morgan fingerprint density at radius 2 is 1.74 bits per heavy atom. The number of likely N-dealkylation sites (tertiary alicyclic amines) is 1. The van der Waals surface area contributed by atoms with Crippen molar-refractivity contribution in [3.63, 3.8) is 0 Å². The summed E-state index contributed by atoms with van der Waals surface area (Å²) in [6.07, 6.45) is 4.67. The van der Waals surface area contributed by atoms with E-state index in [1.54, 1.807) is 41.4 Å². The zero-order valence-electron chi connectivity index (χ0n) is 18.6. The largest absolute Gasteiger partial charge is 0.457 e. The smallest absolute Gasteiger partial charge is 0.254 e. The first kappa shape index (κ1) is 22.8. The van der Waals surface area contributed by atoms with Crippen LogP contribution in [0.5, 0.6) is 23.1 Å². The zero-order valence-corrected chi connectivity index (χ0v) is 18.6. The summed E-state index contributed by atoms with van der Waals surface area (Å²) >= 11 is 0. The van der Waals surface area contributed by atoms with Gasteiger partial charge in [-0.15, -0.1) is 0 Å². The van der Waals surface area contributed by atoms with Crippen molar-refractivity contribution in [2.45, 2.75) is 18.9 Å². The molecule has 8 heteroatoms. The second-order valence-corrected chi connectivity index (χ2v) is 7.90. The molecule has 1 aromatic heterocycles. The predicted molar refractivity (Wildman–Crippen MR) is 129 cm³/mol. The maximum Gasteiger partial charge on any atom is 0.254 e.